The van der Waals surface area contributed by atoms with E-state index in [4.69, 9.17) is 14.2 Å². The van der Waals surface area contributed by atoms with Crippen LogP contribution in [0.25, 0.3) is 5.76 Å². The largest absolute Gasteiger partial charge is 0.507 e. The highest BCUT2D eigenvalue weighted by atomic mass is 16.5. The van der Waals surface area contributed by atoms with Crippen molar-refractivity contribution in [1.29, 1.82) is 0 Å². The van der Waals surface area contributed by atoms with Crippen LogP contribution in [0.2, 0.25) is 0 Å². The molecule has 2 heterocycles. The number of Topliss-reactive ketones (excluding diaryl/α,β-unsaturated/α-hetero) is 1. The Kier molecular flexibility index (Phi) is 8.08. The molecule has 37 heavy (non-hydrogen) atoms. The number of ether oxygens (including phenoxy) is 3. The predicted molar refractivity (Wildman–Crippen MR) is 138 cm³/mol. The van der Waals surface area contributed by atoms with Crippen LogP contribution in [0.5, 0.6) is 17.2 Å². The van der Waals surface area contributed by atoms with Gasteiger partial charge in [0.15, 0.2) is 11.5 Å². The number of likely N-dealkylation sites (tertiary alicyclic amines) is 1. The molecule has 1 aliphatic heterocycles. The molecule has 0 aliphatic carbocycles. The molecule has 192 valence electrons. The molecule has 0 radical (unpaired) electrons. The lowest BCUT2D eigenvalue weighted by atomic mass is 9.95. The summed E-state index contributed by atoms with van der Waals surface area (Å²) in [6, 6.07) is 14.9. The predicted octanol–water partition coefficient (Wildman–Crippen LogP) is 4.90. The van der Waals surface area contributed by atoms with E-state index in [9.17, 15) is 14.7 Å². The van der Waals surface area contributed by atoms with E-state index in [-0.39, 0.29) is 17.9 Å². The van der Waals surface area contributed by atoms with Gasteiger partial charge in [-0.2, -0.15) is 0 Å². The number of rotatable bonds is 10. The number of carbonyl (C=O) groups excluding carboxylic acids is 2. The minimum Gasteiger partial charge on any atom is -0.507 e. The molecule has 0 saturated carbocycles. The van der Waals surface area contributed by atoms with Crippen molar-refractivity contribution in [3.8, 4) is 17.2 Å². The number of aliphatic hydroxyl groups excluding tert-OH is 1. The van der Waals surface area contributed by atoms with E-state index in [0.717, 1.165) is 18.4 Å². The average Bonchev–Trinajstić information content (AvgIpc) is 3.18. The first-order chi connectivity index (χ1) is 18.0. The van der Waals surface area contributed by atoms with Gasteiger partial charge in [-0.3, -0.25) is 14.6 Å². The van der Waals surface area contributed by atoms with E-state index < -0.39 is 17.7 Å². The lowest BCUT2D eigenvalue weighted by Gasteiger charge is -2.25. The van der Waals surface area contributed by atoms with E-state index in [1.165, 1.54) is 19.1 Å². The number of methoxy groups -OCH3 is 2. The number of aliphatic hydroxyl groups is 1. The maximum absolute atomic E-state index is 13.3. The molecule has 8 heteroatoms. The molecule has 1 aromatic heterocycles. The number of amides is 1. The number of hydrogen-bond acceptors (Lipinski definition) is 7. The molecule has 4 rings (SSSR count). The topological polar surface area (TPSA) is 98.2 Å². The Labute approximate surface area is 216 Å². The zero-order chi connectivity index (χ0) is 26.4. The Morgan fingerprint density at radius 2 is 1.68 bits per heavy atom. The fourth-order valence-corrected chi connectivity index (χ4v) is 4.29. The normalized spacial score (nSPS) is 16.6. The molecular weight excluding hydrogens is 472 g/mol. The Bertz CT molecular complexity index is 1290. The molecule has 1 fully saturated rings. The van der Waals surface area contributed by atoms with Gasteiger partial charge in [0, 0.05) is 24.5 Å². The zero-order valence-corrected chi connectivity index (χ0v) is 21.1. The van der Waals surface area contributed by atoms with Crippen molar-refractivity contribution < 1.29 is 28.9 Å². The van der Waals surface area contributed by atoms with Crippen molar-refractivity contribution in [3.63, 3.8) is 0 Å². The maximum atomic E-state index is 13.3. The van der Waals surface area contributed by atoms with Crippen LogP contribution in [-0.4, -0.2) is 47.5 Å². The van der Waals surface area contributed by atoms with Gasteiger partial charge in [-0.1, -0.05) is 25.5 Å². The van der Waals surface area contributed by atoms with Gasteiger partial charge in [-0.25, -0.2) is 0 Å². The van der Waals surface area contributed by atoms with E-state index >= 15 is 0 Å². The smallest absolute Gasteiger partial charge is 0.295 e. The number of pyridine rings is 1. The molecule has 1 atom stereocenters. The summed E-state index contributed by atoms with van der Waals surface area (Å²) >= 11 is 0. The van der Waals surface area contributed by atoms with Gasteiger partial charge in [0.1, 0.15) is 11.5 Å². The second kappa shape index (κ2) is 11.6. The van der Waals surface area contributed by atoms with Crippen molar-refractivity contribution >= 4 is 17.4 Å². The Balaban J connectivity index is 1.79. The molecule has 0 spiro atoms. The quantitative estimate of drug-likeness (QED) is 0.182. The Hall–Kier alpha value is -4.33. The Morgan fingerprint density at radius 1 is 0.973 bits per heavy atom. The molecule has 2 aromatic carbocycles. The van der Waals surface area contributed by atoms with Crippen LogP contribution in [0.4, 0.5) is 0 Å². The van der Waals surface area contributed by atoms with Crippen LogP contribution in [0.1, 0.15) is 42.5 Å². The summed E-state index contributed by atoms with van der Waals surface area (Å²) in [4.78, 5) is 32.1. The number of carbonyl (C=O) groups is 2. The van der Waals surface area contributed by atoms with Gasteiger partial charge >= 0.3 is 0 Å². The number of benzene rings is 2. The highest BCUT2D eigenvalue weighted by Gasteiger charge is 2.46. The molecule has 1 aliphatic rings. The number of nitrogens with zero attached hydrogens (tertiary/aromatic N) is 2. The molecule has 1 N–H and O–H groups in total. The molecule has 1 saturated heterocycles. The second-order valence-electron chi connectivity index (χ2n) is 8.62. The zero-order valence-electron chi connectivity index (χ0n) is 21.1. The van der Waals surface area contributed by atoms with Crippen molar-refractivity contribution in [2.24, 2.45) is 0 Å². The van der Waals surface area contributed by atoms with E-state index in [1.54, 1.807) is 42.7 Å². The maximum Gasteiger partial charge on any atom is 0.295 e. The van der Waals surface area contributed by atoms with Crippen molar-refractivity contribution in [1.82, 2.24) is 9.88 Å². The molecule has 0 unspecified atom stereocenters. The Morgan fingerprint density at radius 3 is 2.32 bits per heavy atom. The first kappa shape index (κ1) is 25.8. The van der Waals surface area contributed by atoms with Crippen molar-refractivity contribution in [2.75, 3.05) is 20.8 Å². The van der Waals surface area contributed by atoms with Crippen molar-refractivity contribution in [2.45, 2.75) is 32.4 Å². The molecule has 3 aromatic rings. The lowest BCUT2D eigenvalue weighted by Crippen LogP contribution is -2.29. The van der Waals surface area contributed by atoms with Crippen LogP contribution in [0.15, 0.2) is 72.6 Å². The van der Waals surface area contributed by atoms with Gasteiger partial charge in [0.05, 0.1) is 32.4 Å². The third kappa shape index (κ3) is 5.43. The molecule has 1 amide bonds. The summed E-state index contributed by atoms with van der Waals surface area (Å²) in [5.41, 5.74) is 1.83. The van der Waals surface area contributed by atoms with Crippen LogP contribution in [0, 0.1) is 0 Å². The van der Waals surface area contributed by atoms with E-state index in [0.29, 0.717) is 35.0 Å². The van der Waals surface area contributed by atoms with Gasteiger partial charge < -0.3 is 24.2 Å². The number of ketones is 1. The van der Waals surface area contributed by atoms with Crippen LogP contribution < -0.4 is 14.2 Å². The average molecular weight is 503 g/mol. The summed E-state index contributed by atoms with van der Waals surface area (Å²) in [5, 5.41) is 11.4. The van der Waals surface area contributed by atoms with Gasteiger partial charge in [0.25, 0.3) is 11.7 Å². The summed E-state index contributed by atoms with van der Waals surface area (Å²) in [5.74, 6) is -0.162. The van der Waals surface area contributed by atoms with Crippen LogP contribution >= 0.6 is 0 Å². The number of unbranched alkanes of at least 4 members (excludes halogenated alkanes) is 1. The summed E-state index contributed by atoms with van der Waals surface area (Å²) in [6.45, 7) is 2.88. The van der Waals surface area contributed by atoms with E-state index in [1.807, 2.05) is 24.3 Å². The van der Waals surface area contributed by atoms with E-state index in [2.05, 4.69) is 11.9 Å². The SMILES string of the molecule is CCCCOc1ccc([C@H]2C(=C(O)c3ccc(OC)c(OC)c3)C(=O)C(=O)N2Cc2ccncc2)cc1. The fourth-order valence-electron chi connectivity index (χ4n) is 4.29. The van der Waals surface area contributed by atoms with Gasteiger partial charge in [0.2, 0.25) is 0 Å². The summed E-state index contributed by atoms with van der Waals surface area (Å²) in [7, 11) is 3.00. The third-order valence-electron chi connectivity index (χ3n) is 6.26. The summed E-state index contributed by atoms with van der Waals surface area (Å²) < 4.78 is 16.4. The van der Waals surface area contributed by atoms with Gasteiger partial charge in [-0.05, 0) is 60.0 Å². The van der Waals surface area contributed by atoms with Crippen LogP contribution in [0.3, 0.4) is 0 Å². The first-order valence-electron chi connectivity index (χ1n) is 12.1. The number of hydrogen-bond donors (Lipinski definition) is 1. The molecule has 0 bridgehead atoms. The molecule has 8 nitrogen and oxygen atoms in total. The van der Waals surface area contributed by atoms with Crippen molar-refractivity contribution in [3.05, 3.63) is 89.3 Å². The standard InChI is InChI=1S/C29H30N2O6/c1-4-5-16-37-22-9-6-20(7-10-22)26-25(27(32)21-8-11-23(35-2)24(17-21)36-3)28(33)29(34)31(26)18-19-12-14-30-15-13-19/h6-15,17,26,32H,4-5,16,18H2,1-3H3/t26-/m0/s1. The second-order valence-corrected chi connectivity index (χ2v) is 8.62. The highest BCUT2D eigenvalue weighted by Crippen LogP contribution is 2.41. The minimum atomic E-state index is -0.800. The van der Waals surface area contributed by atoms with Gasteiger partial charge in [-0.15, -0.1) is 0 Å². The summed E-state index contributed by atoms with van der Waals surface area (Å²) in [6.07, 6.45) is 5.23. The highest BCUT2D eigenvalue weighted by molar-refractivity contribution is 6.46. The monoisotopic (exact) mass is 502 g/mol. The molecular formula is C29H30N2O6. The first-order valence-corrected chi connectivity index (χ1v) is 12.1. The third-order valence-corrected chi connectivity index (χ3v) is 6.26. The fraction of sp³-hybridized carbons (Fsp3) is 0.276. The lowest BCUT2D eigenvalue weighted by molar-refractivity contribution is -0.140. The minimum absolute atomic E-state index is 0.00549. The van der Waals surface area contributed by atoms with Crippen LogP contribution in [-0.2, 0) is 16.1 Å². The number of aromatic nitrogens is 1.